The standard InChI is InChI=1S/C23H23N5O3S/c1-13-14(2)32-23-20(13)21(17-9-7-16(8-10-17)6-4-5-11-24-31)25-18(12-19(29)30)22-27-26-15(3)28(22)23/h7-10,18,24,31H,6,11-12H2,1-3H3,(H,29,30)/t18-/m0/s1. The van der Waals surface area contributed by atoms with Crippen LogP contribution in [0, 0.1) is 32.6 Å². The summed E-state index contributed by atoms with van der Waals surface area (Å²) in [4.78, 5) is 17.7. The van der Waals surface area contributed by atoms with Gasteiger partial charge in [-0.2, -0.15) is 5.48 Å². The third-order valence-corrected chi connectivity index (χ3v) is 6.61. The number of nitrogens with zero attached hydrogens (tertiary/aromatic N) is 4. The predicted octanol–water partition coefficient (Wildman–Crippen LogP) is 3.15. The smallest absolute Gasteiger partial charge is 0.306 e. The Morgan fingerprint density at radius 1 is 1.19 bits per heavy atom. The molecule has 0 saturated carbocycles. The van der Waals surface area contributed by atoms with Crippen LogP contribution in [0.4, 0.5) is 0 Å². The Labute approximate surface area is 189 Å². The van der Waals surface area contributed by atoms with Crippen molar-refractivity contribution in [2.75, 3.05) is 6.54 Å². The summed E-state index contributed by atoms with van der Waals surface area (Å²) >= 11 is 1.64. The summed E-state index contributed by atoms with van der Waals surface area (Å²) in [7, 11) is 0. The SMILES string of the molecule is Cc1sc2c(c1C)C(c1ccc(CC#CCNO)cc1)=N[C@@H](CC(=O)O)c1nnc(C)n1-2. The zero-order chi connectivity index (χ0) is 22.8. The number of carboxylic acid groups (broad SMARTS) is 1. The lowest BCUT2D eigenvalue weighted by Gasteiger charge is -2.11. The number of aliphatic carboxylic acids is 1. The van der Waals surface area contributed by atoms with Crippen LogP contribution in [-0.4, -0.2) is 43.3 Å². The molecule has 0 saturated heterocycles. The highest BCUT2D eigenvalue weighted by molar-refractivity contribution is 7.15. The summed E-state index contributed by atoms with van der Waals surface area (Å²) in [6.07, 6.45) is 0.402. The molecule has 0 amide bonds. The van der Waals surface area contributed by atoms with E-state index in [0.29, 0.717) is 18.1 Å². The number of aliphatic imine (C=N–C) groups is 1. The lowest BCUT2D eigenvalue weighted by atomic mass is 9.98. The van der Waals surface area contributed by atoms with Gasteiger partial charge in [-0.3, -0.25) is 14.4 Å². The highest BCUT2D eigenvalue weighted by Crippen LogP contribution is 2.39. The number of thiophene rings is 1. The molecular weight excluding hydrogens is 426 g/mol. The van der Waals surface area contributed by atoms with Crippen LogP contribution in [-0.2, 0) is 11.2 Å². The molecular formula is C23H23N5O3S. The minimum atomic E-state index is -0.935. The second kappa shape index (κ2) is 9.04. The summed E-state index contributed by atoms with van der Waals surface area (Å²) in [6, 6.07) is 7.34. The molecule has 164 valence electrons. The predicted molar refractivity (Wildman–Crippen MR) is 122 cm³/mol. The first-order valence-electron chi connectivity index (χ1n) is 10.1. The Hall–Kier alpha value is -3.32. The largest absolute Gasteiger partial charge is 0.481 e. The quantitative estimate of drug-likeness (QED) is 0.407. The first kappa shape index (κ1) is 21.9. The van der Waals surface area contributed by atoms with Gasteiger partial charge in [0.1, 0.15) is 16.9 Å². The van der Waals surface area contributed by atoms with Gasteiger partial charge in [-0.25, -0.2) is 0 Å². The maximum absolute atomic E-state index is 11.6. The minimum absolute atomic E-state index is 0.166. The molecule has 0 unspecified atom stereocenters. The van der Waals surface area contributed by atoms with Crippen molar-refractivity contribution in [2.24, 2.45) is 4.99 Å². The van der Waals surface area contributed by atoms with Gasteiger partial charge in [0.15, 0.2) is 5.82 Å². The van der Waals surface area contributed by atoms with Crippen LogP contribution in [0.2, 0.25) is 0 Å². The Bertz CT molecular complexity index is 1260. The van der Waals surface area contributed by atoms with Crippen molar-refractivity contribution < 1.29 is 15.1 Å². The molecule has 0 fully saturated rings. The molecule has 9 heteroatoms. The molecule has 1 aliphatic rings. The van der Waals surface area contributed by atoms with Gasteiger partial charge in [0.2, 0.25) is 0 Å². The monoisotopic (exact) mass is 449 g/mol. The van der Waals surface area contributed by atoms with Crippen molar-refractivity contribution in [3.8, 4) is 16.8 Å². The third-order valence-electron chi connectivity index (χ3n) is 5.42. The fourth-order valence-corrected chi connectivity index (χ4v) is 4.95. The lowest BCUT2D eigenvalue weighted by Crippen LogP contribution is -2.10. The van der Waals surface area contributed by atoms with E-state index in [2.05, 4.69) is 35.9 Å². The van der Waals surface area contributed by atoms with Gasteiger partial charge in [0, 0.05) is 22.4 Å². The molecule has 2 aromatic heterocycles. The average Bonchev–Trinajstić information content (AvgIpc) is 3.24. The number of carboxylic acids is 1. The molecule has 8 nitrogen and oxygen atoms in total. The molecule has 3 aromatic rings. The van der Waals surface area contributed by atoms with Crippen molar-refractivity contribution in [1.82, 2.24) is 20.2 Å². The Morgan fingerprint density at radius 3 is 2.62 bits per heavy atom. The van der Waals surface area contributed by atoms with Crippen LogP contribution in [0.15, 0.2) is 29.3 Å². The third kappa shape index (κ3) is 4.08. The topological polar surface area (TPSA) is 113 Å². The second-order valence-corrected chi connectivity index (χ2v) is 8.76. The van der Waals surface area contributed by atoms with E-state index in [-0.39, 0.29) is 13.0 Å². The van der Waals surface area contributed by atoms with Crippen LogP contribution in [0.25, 0.3) is 5.00 Å². The van der Waals surface area contributed by atoms with E-state index < -0.39 is 12.0 Å². The van der Waals surface area contributed by atoms with Gasteiger partial charge in [0.05, 0.1) is 18.7 Å². The second-order valence-electron chi connectivity index (χ2n) is 7.56. The highest BCUT2D eigenvalue weighted by Gasteiger charge is 2.32. The van der Waals surface area contributed by atoms with Crippen molar-refractivity contribution in [3.05, 3.63) is 63.0 Å². The summed E-state index contributed by atoms with van der Waals surface area (Å²) in [5.41, 5.74) is 6.84. The van der Waals surface area contributed by atoms with Gasteiger partial charge in [-0.15, -0.1) is 21.5 Å². The number of aromatic nitrogens is 3. The molecule has 1 atom stereocenters. The summed E-state index contributed by atoms with van der Waals surface area (Å²) in [5, 5.41) is 27.6. The minimum Gasteiger partial charge on any atom is -0.481 e. The number of fused-ring (bicyclic) bond motifs is 3. The summed E-state index contributed by atoms with van der Waals surface area (Å²) < 4.78 is 1.95. The molecule has 32 heavy (non-hydrogen) atoms. The number of aryl methyl sites for hydroxylation is 2. The van der Waals surface area contributed by atoms with Crippen LogP contribution in [0.1, 0.15) is 51.2 Å². The van der Waals surface area contributed by atoms with E-state index >= 15 is 0 Å². The molecule has 3 N–H and O–H groups in total. The Morgan fingerprint density at radius 2 is 1.94 bits per heavy atom. The molecule has 0 aliphatic carbocycles. The van der Waals surface area contributed by atoms with Gasteiger partial charge >= 0.3 is 5.97 Å². The van der Waals surface area contributed by atoms with Gasteiger partial charge in [0.25, 0.3) is 0 Å². The molecule has 0 bridgehead atoms. The summed E-state index contributed by atoms with van der Waals surface area (Å²) in [6.45, 7) is 6.23. The fraction of sp³-hybridized carbons (Fsp3) is 0.304. The number of hydrogen-bond acceptors (Lipinski definition) is 7. The Balaban J connectivity index is 1.83. The normalized spacial score (nSPS) is 14.6. The first-order valence-corrected chi connectivity index (χ1v) is 11.0. The number of hydrogen-bond donors (Lipinski definition) is 3. The molecule has 3 heterocycles. The maximum Gasteiger partial charge on any atom is 0.306 e. The molecule has 1 aliphatic heterocycles. The Kier molecular flexibility index (Phi) is 6.19. The highest BCUT2D eigenvalue weighted by atomic mass is 32.1. The lowest BCUT2D eigenvalue weighted by molar-refractivity contribution is -0.137. The van der Waals surface area contributed by atoms with E-state index in [0.717, 1.165) is 33.0 Å². The summed E-state index contributed by atoms with van der Waals surface area (Å²) in [5.74, 6) is 6.14. The molecule has 4 rings (SSSR count). The van der Waals surface area contributed by atoms with E-state index in [1.54, 1.807) is 11.3 Å². The molecule has 0 radical (unpaired) electrons. The van der Waals surface area contributed by atoms with Gasteiger partial charge < -0.3 is 10.3 Å². The van der Waals surface area contributed by atoms with Crippen LogP contribution >= 0.6 is 11.3 Å². The van der Waals surface area contributed by atoms with Gasteiger partial charge in [-0.1, -0.05) is 36.1 Å². The maximum atomic E-state index is 11.6. The first-order chi connectivity index (χ1) is 15.4. The van der Waals surface area contributed by atoms with E-state index in [9.17, 15) is 9.90 Å². The zero-order valence-corrected chi connectivity index (χ0v) is 18.8. The fourth-order valence-electron chi connectivity index (χ4n) is 3.74. The number of nitrogens with one attached hydrogen (secondary N) is 1. The van der Waals surface area contributed by atoms with Crippen LogP contribution < -0.4 is 5.48 Å². The van der Waals surface area contributed by atoms with Crippen molar-refractivity contribution in [3.63, 3.8) is 0 Å². The van der Waals surface area contributed by atoms with Crippen molar-refractivity contribution in [1.29, 1.82) is 0 Å². The van der Waals surface area contributed by atoms with Gasteiger partial charge in [-0.05, 0) is 31.9 Å². The number of rotatable bonds is 5. The molecule has 0 spiro atoms. The van der Waals surface area contributed by atoms with Crippen molar-refractivity contribution in [2.45, 2.75) is 39.7 Å². The number of benzene rings is 1. The zero-order valence-electron chi connectivity index (χ0n) is 18.0. The van der Waals surface area contributed by atoms with Crippen molar-refractivity contribution >= 4 is 23.0 Å². The molecule has 1 aromatic carbocycles. The van der Waals surface area contributed by atoms with E-state index in [1.807, 2.05) is 41.2 Å². The average molecular weight is 450 g/mol. The number of carbonyl (C=O) groups is 1. The van der Waals surface area contributed by atoms with E-state index in [1.165, 1.54) is 4.88 Å². The van der Waals surface area contributed by atoms with Crippen LogP contribution in [0.3, 0.4) is 0 Å². The van der Waals surface area contributed by atoms with E-state index in [4.69, 9.17) is 10.2 Å². The number of hydroxylamine groups is 1. The van der Waals surface area contributed by atoms with Crippen LogP contribution in [0.5, 0.6) is 0 Å².